The molecule has 0 spiro atoms. The standard InChI is InChI=1S/C26H26N4O3S/c1-3-30-15-16(14-27-30)21-13-19(17-9-5-7-11-20(17)28-21)24(31)29-25-23(26(32)33-4-2)18-10-6-8-12-22(18)34-25/h5,7,9,11,13-15H,3-4,6,8,10,12H2,1-2H3,(H,29,31). The topological polar surface area (TPSA) is 86.1 Å². The molecule has 1 aromatic carbocycles. The third-order valence-corrected chi connectivity index (χ3v) is 7.30. The van der Waals surface area contributed by atoms with Crippen LogP contribution in [0.1, 0.15) is 57.8 Å². The number of amides is 1. The molecule has 8 heteroatoms. The lowest BCUT2D eigenvalue weighted by atomic mass is 9.95. The Labute approximate surface area is 201 Å². The number of carbonyl (C=O) groups excluding carboxylic acids is 2. The molecule has 0 aliphatic heterocycles. The molecule has 3 heterocycles. The van der Waals surface area contributed by atoms with Gasteiger partial charge in [0.15, 0.2) is 0 Å². The molecule has 1 amide bonds. The predicted molar refractivity (Wildman–Crippen MR) is 134 cm³/mol. The largest absolute Gasteiger partial charge is 0.462 e. The number of nitrogens with one attached hydrogen (secondary N) is 1. The van der Waals surface area contributed by atoms with Crippen LogP contribution in [0.3, 0.4) is 0 Å². The number of fused-ring (bicyclic) bond motifs is 2. The van der Waals surface area contributed by atoms with Crippen LogP contribution >= 0.6 is 11.3 Å². The van der Waals surface area contributed by atoms with Crippen LogP contribution in [0.2, 0.25) is 0 Å². The van der Waals surface area contributed by atoms with Crippen molar-refractivity contribution in [1.29, 1.82) is 0 Å². The first-order chi connectivity index (χ1) is 16.6. The van der Waals surface area contributed by atoms with Gasteiger partial charge in [-0.05, 0) is 57.2 Å². The van der Waals surface area contributed by atoms with Crippen LogP contribution < -0.4 is 5.32 Å². The van der Waals surface area contributed by atoms with Gasteiger partial charge in [0.2, 0.25) is 0 Å². The number of anilines is 1. The van der Waals surface area contributed by atoms with Gasteiger partial charge < -0.3 is 10.1 Å². The molecule has 5 rings (SSSR count). The Balaban J connectivity index is 1.57. The fourth-order valence-electron chi connectivity index (χ4n) is 4.42. The van der Waals surface area contributed by atoms with Crippen LogP contribution in [0.15, 0.2) is 42.7 Å². The van der Waals surface area contributed by atoms with Gasteiger partial charge >= 0.3 is 5.97 Å². The minimum atomic E-state index is -0.371. The number of esters is 1. The van der Waals surface area contributed by atoms with E-state index in [0.29, 0.717) is 28.4 Å². The summed E-state index contributed by atoms with van der Waals surface area (Å²) in [6.07, 6.45) is 7.56. The maximum absolute atomic E-state index is 13.6. The van der Waals surface area contributed by atoms with Crippen molar-refractivity contribution in [2.24, 2.45) is 0 Å². The third-order valence-electron chi connectivity index (χ3n) is 6.09. The van der Waals surface area contributed by atoms with Crippen molar-refractivity contribution >= 4 is 39.1 Å². The number of para-hydroxylation sites is 1. The van der Waals surface area contributed by atoms with E-state index in [0.717, 1.165) is 59.1 Å². The molecule has 0 atom stereocenters. The highest BCUT2D eigenvalue weighted by atomic mass is 32.1. The number of ether oxygens (including phenoxy) is 1. The number of benzene rings is 1. The summed E-state index contributed by atoms with van der Waals surface area (Å²) in [6.45, 7) is 4.85. The van der Waals surface area contributed by atoms with Gasteiger partial charge in [-0.15, -0.1) is 11.3 Å². The summed E-state index contributed by atoms with van der Waals surface area (Å²) in [5.41, 5.74) is 4.30. The Morgan fingerprint density at radius 3 is 2.79 bits per heavy atom. The molecule has 0 unspecified atom stereocenters. The zero-order chi connectivity index (χ0) is 23.7. The number of hydrogen-bond donors (Lipinski definition) is 1. The predicted octanol–water partition coefficient (Wildman–Crippen LogP) is 5.49. The van der Waals surface area contributed by atoms with Crippen molar-refractivity contribution in [2.45, 2.75) is 46.1 Å². The van der Waals surface area contributed by atoms with Crippen molar-refractivity contribution in [3.8, 4) is 11.3 Å². The molecule has 0 saturated carbocycles. The first-order valence-corrected chi connectivity index (χ1v) is 12.5. The Bertz CT molecular complexity index is 1390. The summed E-state index contributed by atoms with van der Waals surface area (Å²) in [5, 5.41) is 8.71. The molecule has 1 N–H and O–H groups in total. The smallest absolute Gasteiger partial charge is 0.341 e. The van der Waals surface area contributed by atoms with E-state index in [1.165, 1.54) is 11.3 Å². The second-order valence-corrected chi connectivity index (χ2v) is 9.35. The minimum absolute atomic E-state index is 0.271. The van der Waals surface area contributed by atoms with Crippen molar-refractivity contribution in [3.05, 3.63) is 64.3 Å². The molecule has 0 bridgehead atoms. The molecule has 4 aromatic rings. The van der Waals surface area contributed by atoms with Crippen LogP contribution in [0.4, 0.5) is 5.00 Å². The number of aryl methyl sites for hydroxylation is 2. The van der Waals surface area contributed by atoms with E-state index in [4.69, 9.17) is 9.72 Å². The Morgan fingerprint density at radius 2 is 2.00 bits per heavy atom. The van der Waals surface area contributed by atoms with Crippen LogP contribution in [0, 0.1) is 0 Å². The second kappa shape index (κ2) is 9.38. The number of nitrogens with zero attached hydrogens (tertiary/aromatic N) is 3. The summed E-state index contributed by atoms with van der Waals surface area (Å²) in [4.78, 5) is 32.4. The molecule has 0 radical (unpaired) electrons. The summed E-state index contributed by atoms with van der Waals surface area (Å²) in [7, 11) is 0. The van der Waals surface area contributed by atoms with Gasteiger partial charge in [-0.1, -0.05) is 18.2 Å². The molecule has 3 aromatic heterocycles. The zero-order valence-corrected chi connectivity index (χ0v) is 20.1. The number of thiophene rings is 1. The zero-order valence-electron chi connectivity index (χ0n) is 19.3. The van der Waals surface area contributed by atoms with E-state index in [1.807, 2.05) is 42.1 Å². The van der Waals surface area contributed by atoms with Gasteiger partial charge in [0.05, 0.1) is 35.1 Å². The molecular weight excluding hydrogens is 448 g/mol. The summed E-state index contributed by atoms with van der Waals surface area (Å²) in [5.74, 6) is -0.642. The Hall–Kier alpha value is -3.52. The number of hydrogen-bond acceptors (Lipinski definition) is 6. The van der Waals surface area contributed by atoms with Gasteiger partial charge in [-0.25, -0.2) is 9.78 Å². The minimum Gasteiger partial charge on any atom is -0.462 e. The second-order valence-electron chi connectivity index (χ2n) is 8.25. The average molecular weight is 475 g/mol. The normalized spacial score (nSPS) is 13.0. The van der Waals surface area contributed by atoms with E-state index in [2.05, 4.69) is 10.4 Å². The summed E-state index contributed by atoms with van der Waals surface area (Å²) >= 11 is 1.49. The number of carbonyl (C=O) groups is 2. The van der Waals surface area contributed by atoms with E-state index >= 15 is 0 Å². The third kappa shape index (κ3) is 4.09. The maximum Gasteiger partial charge on any atom is 0.341 e. The van der Waals surface area contributed by atoms with Gasteiger partial charge in [-0.3, -0.25) is 9.48 Å². The van der Waals surface area contributed by atoms with E-state index < -0.39 is 0 Å². The van der Waals surface area contributed by atoms with Crippen LogP contribution in [0.25, 0.3) is 22.2 Å². The maximum atomic E-state index is 13.6. The lowest BCUT2D eigenvalue weighted by Crippen LogP contribution is -2.16. The Morgan fingerprint density at radius 1 is 1.18 bits per heavy atom. The number of pyridine rings is 1. The quantitative estimate of drug-likeness (QED) is 0.374. The molecular formula is C26H26N4O3S. The fraction of sp³-hybridized carbons (Fsp3) is 0.308. The molecule has 0 fully saturated rings. The highest BCUT2D eigenvalue weighted by Crippen LogP contribution is 2.39. The molecule has 0 saturated heterocycles. The van der Waals surface area contributed by atoms with Crippen LogP contribution in [-0.4, -0.2) is 33.2 Å². The van der Waals surface area contributed by atoms with Gasteiger partial charge in [0.1, 0.15) is 5.00 Å². The van der Waals surface area contributed by atoms with Gasteiger partial charge in [0.25, 0.3) is 5.91 Å². The first-order valence-electron chi connectivity index (χ1n) is 11.6. The fourth-order valence-corrected chi connectivity index (χ4v) is 5.70. The average Bonchev–Trinajstić information content (AvgIpc) is 3.48. The highest BCUT2D eigenvalue weighted by Gasteiger charge is 2.28. The van der Waals surface area contributed by atoms with Crippen LogP contribution in [-0.2, 0) is 24.1 Å². The number of aromatic nitrogens is 3. The molecule has 7 nitrogen and oxygen atoms in total. The van der Waals surface area contributed by atoms with Crippen LogP contribution in [0.5, 0.6) is 0 Å². The highest BCUT2D eigenvalue weighted by molar-refractivity contribution is 7.17. The lowest BCUT2D eigenvalue weighted by molar-refractivity contribution is 0.0526. The summed E-state index contributed by atoms with van der Waals surface area (Å²) in [6, 6.07) is 9.38. The summed E-state index contributed by atoms with van der Waals surface area (Å²) < 4.78 is 7.16. The van der Waals surface area contributed by atoms with Crippen molar-refractivity contribution in [3.63, 3.8) is 0 Å². The van der Waals surface area contributed by atoms with E-state index in [-0.39, 0.29) is 11.9 Å². The van der Waals surface area contributed by atoms with Crippen molar-refractivity contribution < 1.29 is 14.3 Å². The monoisotopic (exact) mass is 474 g/mol. The van der Waals surface area contributed by atoms with Gasteiger partial charge in [0, 0.05) is 28.6 Å². The van der Waals surface area contributed by atoms with Crippen molar-refractivity contribution in [1.82, 2.24) is 14.8 Å². The first kappa shape index (κ1) is 22.3. The van der Waals surface area contributed by atoms with E-state index in [9.17, 15) is 9.59 Å². The van der Waals surface area contributed by atoms with Crippen molar-refractivity contribution in [2.75, 3.05) is 11.9 Å². The SMILES string of the molecule is CCOC(=O)c1c(NC(=O)c2cc(-c3cnn(CC)c3)nc3ccccc23)sc2c1CCCC2. The van der Waals surface area contributed by atoms with Gasteiger partial charge in [-0.2, -0.15) is 5.10 Å². The lowest BCUT2D eigenvalue weighted by Gasteiger charge is -2.13. The van der Waals surface area contributed by atoms with E-state index in [1.54, 1.807) is 19.2 Å². The molecule has 1 aliphatic rings. The molecule has 34 heavy (non-hydrogen) atoms. The number of rotatable bonds is 6. The Kier molecular flexibility index (Phi) is 6.15. The molecule has 174 valence electrons. The molecule has 1 aliphatic carbocycles.